The lowest BCUT2D eigenvalue weighted by atomic mass is 9.87. The molecule has 1 saturated carbocycles. The average Bonchev–Trinajstić information content (AvgIpc) is 3.61. The number of aromatic nitrogens is 3. The van der Waals surface area contributed by atoms with E-state index in [0.717, 1.165) is 69.3 Å². The molecule has 2 fully saturated rings. The Bertz CT molecular complexity index is 1710. The fraction of sp³-hybridized carbons (Fsp3) is 0.406. The molecule has 0 radical (unpaired) electrons. The van der Waals surface area contributed by atoms with E-state index in [2.05, 4.69) is 30.9 Å². The fourth-order valence-corrected chi connectivity index (χ4v) is 6.32. The van der Waals surface area contributed by atoms with Crippen LogP contribution in [0.15, 0.2) is 58.3 Å². The van der Waals surface area contributed by atoms with Crippen LogP contribution in [0, 0.1) is 0 Å². The normalized spacial score (nSPS) is 19.4. The lowest BCUT2D eigenvalue weighted by molar-refractivity contribution is -0.138. The van der Waals surface area contributed by atoms with Gasteiger partial charge in [0.1, 0.15) is 23.7 Å². The maximum atomic E-state index is 14.1. The molecule has 2 aliphatic rings. The quantitative estimate of drug-likeness (QED) is 0.166. The summed E-state index contributed by atoms with van der Waals surface area (Å²) in [5.41, 5.74) is -1.46. The van der Waals surface area contributed by atoms with Crippen LogP contribution in [-0.2, 0) is 17.5 Å². The van der Waals surface area contributed by atoms with Gasteiger partial charge in [-0.25, -0.2) is 4.79 Å². The second-order valence-electron chi connectivity index (χ2n) is 11.6. The summed E-state index contributed by atoms with van der Waals surface area (Å²) >= 11 is 0. The molecule has 45 heavy (non-hydrogen) atoms. The molecule has 13 heteroatoms. The highest BCUT2D eigenvalue weighted by Gasteiger charge is 2.37. The van der Waals surface area contributed by atoms with Crippen molar-refractivity contribution in [3.8, 4) is 11.3 Å². The second kappa shape index (κ2) is 12.8. The maximum absolute atomic E-state index is 14.1. The lowest BCUT2D eigenvalue weighted by Crippen LogP contribution is -2.52. The summed E-state index contributed by atoms with van der Waals surface area (Å²) in [6, 6.07) is 10.0. The number of likely N-dealkylation sites (tertiary alicyclic amines) is 1. The molecule has 3 aromatic carbocycles. The highest BCUT2D eigenvalue weighted by atomic mass is 19.4. The van der Waals surface area contributed by atoms with Crippen molar-refractivity contribution in [1.82, 2.24) is 20.3 Å². The predicted molar refractivity (Wildman–Crippen MR) is 162 cm³/mol. The number of halogens is 3. The Hall–Kier alpha value is -4.52. The average molecular weight is 623 g/mol. The number of ether oxygens (including phenoxy) is 1. The maximum Gasteiger partial charge on any atom is 0.417 e. The number of nitrogens with one attached hydrogen (secondary N) is 3. The Labute approximate surface area is 256 Å². The summed E-state index contributed by atoms with van der Waals surface area (Å²) in [4.78, 5) is 40.4. The number of alkyl halides is 3. The molecule has 4 aromatic rings. The highest BCUT2D eigenvalue weighted by Crippen LogP contribution is 2.36. The van der Waals surface area contributed by atoms with E-state index >= 15 is 0 Å². The van der Waals surface area contributed by atoms with Crippen LogP contribution in [0.3, 0.4) is 0 Å². The number of carbonyl (C=O) groups is 1. The Balaban J connectivity index is 1.16. The zero-order valence-electron chi connectivity index (χ0n) is 24.5. The Kier molecular flexibility index (Phi) is 8.70. The number of benzene rings is 2. The Morgan fingerprint density at radius 1 is 0.956 bits per heavy atom. The molecule has 10 nitrogen and oxygen atoms in total. The van der Waals surface area contributed by atoms with Crippen LogP contribution in [0.4, 0.5) is 30.2 Å². The summed E-state index contributed by atoms with van der Waals surface area (Å²) in [7, 11) is 0. The van der Waals surface area contributed by atoms with Crippen LogP contribution in [0.25, 0.3) is 11.3 Å². The van der Waals surface area contributed by atoms with Crippen LogP contribution < -0.4 is 21.5 Å². The molecular formula is C32H33F3N6O4. The summed E-state index contributed by atoms with van der Waals surface area (Å²) in [5.74, 6) is -1.15. The van der Waals surface area contributed by atoms with E-state index in [-0.39, 0.29) is 35.8 Å². The SMILES string of the molecule is O=C(OCc1ccc(-c2cn[nH]n2)cc1)c1ccc(Nc2c(N[C@@H]3CCCC[C@H]3N3CCCCC3)c(=O)c2=O)cc1C(F)(F)F. The van der Waals surface area contributed by atoms with Gasteiger partial charge < -0.3 is 15.4 Å². The number of carbonyl (C=O) groups excluding carboxylic acids is 1. The zero-order chi connectivity index (χ0) is 31.6. The molecule has 2 heterocycles. The van der Waals surface area contributed by atoms with Crippen LogP contribution >= 0.6 is 0 Å². The first-order valence-electron chi connectivity index (χ1n) is 15.1. The first-order valence-corrected chi connectivity index (χ1v) is 15.1. The van der Waals surface area contributed by atoms with E-state index in [0.29, 0.717) is 11.3 Å². The van der Waals surface area contributed by atoms with Gasteiger partial charge in [-0.05, 0) is 62.5 Å². The molecule has 0 unspecified atom stereocenters. The molecule has 2 atom stereocenters. The largest absolute Gasteiger partial charge is 0.457 e. The number of hydrogen-bond donors (Lipinski definition) is 3. The summed E-state index contributed by atoms with van der Waals surface area (Å²) in [5, 5.41) is 16.2. The van der Waals surface area contributed by atoms with Crippen molar-refractivity contribution in [2.45, 2.75) is 69.8 Å². The smallest absolute Gasteiger partial charge is 0.417 e. The number of esters is 1. The number of anilines is 3. The number of aromatic amines is 1. The number of hydrogen-bond acceptors (Lipinski definition) is 9. The third-order valence-electron chi connectivity index (χ3n) is 8.68. The molecule has 0 bridgehead atoms. The van der Waals surface area contributed by atoms with Crippen molar-refractivity contribution >= 4 is 23.0 Å². The standard InChI is InChI=1S/C32H33F3N6O4/c33-32(34,35)23-16-21(12-13-22(23)31(44)45-18-19-8-10-20(11-9-19)25-17-36-40-39-25)37-27-28(30(43)29(27)42)38-24-6-2-3-7-26(24)41-14-4-1-5-15-41/h8-13,16-17,24,26,37-38H,1-7,14-15,18H2,(H,36,39,40)/t24-,26-/m1/s1. The van der Waals surface area contributed by atoms with Crippen LogP contribution in [0.5, 0.6) is 0 Å². The summed E-state index contributed by atoms with van der Waals surface area (Å²) in [6.45, 7) is 1.74. The van der Waals surface area contributed by atoms with Crippen molar-refractivity contribution < 1.29 is 22.7 Å². The second-order valence-corrected chi connectivity index (χ2v) is 11.6. The molecule has 0 amide bonds. The van der Waals surface area contributed by atoms with Crippen LogP contribution in [0.1, 0.15) is 66.4 Å². The van der Waals surface area contributed by atoms with Crippen LogP contribution in [-0.4, -0.2) is 51.5 Å². The van der Waals surface area contributed by atoms with E-state index in [9.17, 15) is 27.6 Å². The van der Waals surface area contributed by atoms with Gasteiger partial charge in [-0.3, -0.25) is 14.5 Å². The third kappa shape index (κ3) is 6.63. The van der Waals surface area contributed by atoms with Crippen molar-refractivity contribution in [2.24, 2.45) is 0 Å². The zero-order valence-corrected chi connectivity index (χ0v) is 24.5. The van der Waals surface area contributed by atoms with Gasteiger partial charge in [0.15, 0.2) is 0 Å². The minimum absolute atomic E-state index is 0.0397. The minimum Gasteiger partial charge on any atom is -0.457 e. The number of rotatable bonds is 9. The van der Waals surface area contributed by atoms with Crippen molar-refractivity contribution in [3.05, 3.63) is 85.8 Å². The number of nitrogens with zero attached hydrogens (tertiary/aromatic N) is 3. The van der Waals surface area contributed by atoms with Gasteiger partial charge in [-0.1, -0.05) is 43.5 Å². The highest BCUT2D eigenvalue weighted by molar-refractivity contribution is 5.92. The van der Waals surface area contributed by atoms with E-state index in [1.54, 1.807) is 30.5 Å². The van der Waals surface area contributed by atoms with Gasteiger partial charge >= 0.3 is 12.1 Å². The molecule has 1 aliphatic carbocycles. The third-order valence-corrected chi connectivity index (χ3v) is 8.68. The van der Waals surface area contributed by atoms with Gasteiger partial charge in [-0.15, -0.1) is 0 Å². The molecule has 236 valence electrons. The molecule has 0 spiro atoms. The first kappa shape index (κ1) is 30.5. The van der Waals surface area contributed by atoms with Gasteiger partial charge in [0.05, 0.1) is 17.3 Å². The van der Waals surface area contributed by atoms with Gasteiger partial charge in [0.2, 0.25) is 0 Å². The van der Waals surface area contributed by atoms with Crippen molar-refractivity contribution in [1.29, 1.82) is 0 Å². The summed E-state index contributed by atoms with van der Waals surface area (Å²) in [6.07, 6.45) is 3.99. The molecule has 6 rings (SSSR count). The van der Waals surface area contributed by atoms with Gasteiger partial charge in [-0.2, -0.15) is 28.6 Å². The molecule has 1 saturated heterocycles. The monoisotopic (exact) mass is 622 g/mol. The van der Waals surface area contributed by atoms with Gasteiger partial charge in [0, 0.05) is 23.3 Å². The summed E-state index contributed by atoms with van der Waals surface area (Å²) < 4.78 is 47.5. The molecule has 1 aliphatic heterocycles. The van der Waals surface area contributed by atoms with E-state index < -0.39 is 34.1 Å². The molecule has 3 N–H and O–H groups in total. The Morgan fingerprint density at radius 2 is 1.69 bits per heavy atom. The lowest BCUT2D eigenvalue weighted by Gasteiger charge is -2.42. The van der Waals surface area contributed by atoms with Gasteiger partial charge in [0.25, 0.3) is 10.9 Å². The topological polar surface area (TPSA) is 129 Å². The molecular weight excluding hydrogens is 589 g/mol. The first-order chi connectivity index (χ1) is 21.7. The molecule has 1 aromatic heterocycles. The fourth-order valence-electron chi connectivity index (χ4n) is 6.32. The predicted octanol–water partition coefficient (Wildman–Crippen LogP) is 5.40. The van der Waals surface area contributed by atoms with Crippen molar-refractivity contribution in [2.75, 3.05) is 23.7 Å². The minimum atomic E-state index is -4.88. The Morgan fingerprint density at radius 3 is 2.40 bits per heavy atom. The van der Waals surface area contributed by atoms with Crippen molar-refractivity contribution in [3.63, 3.8) is 0 Å². The number of H-pyrrole nitrogens is 1. The number of piperidine rings is 1. The van der Waals surface area contributed by atoms with E-state index in [1.807, 2.05) is 0 Å². The van der Waals surface area contributed by atoms with Crippen LogP contribution in [0.2, 0.25) is 0 Å². The van der Waals surface area contributed by atoms with E-state index in [1.165, 1.54) is 12.5 Å². The van der Waals surface area contributed by atoms with E-state index in [4.69, 9.17) is 4.74 Å².